The molecule has 2 rings (SSSR count). The Morgan fingerprint density at radius 1 is 1.26 bits per heavy atom. The molecule has 2 aromatic carbocycles. The zero-order valence-electron chi connectivity index (χ0n) is 12.6. The van der Waals surface area contributed by atoms with Crippen LogP contribution in [-0.2, 0) is 4.79 Å². The molecule has 2 aromatic rings. The van der Waals surface area contributed by atoms with Crippen LogP contribution in [0.5, 0.6) is 5.75 Å². The van der Waals surface area contributed by atoms with Crippen molar-refractivity contribution in [3.8, 4) is 5.75 Å². The van der Waals surface area contributed by atoms with Gasteiger partial charge in [-0.2, -0.15) is 0 Å². The van der Waals surface area contributed by atoms with Gasteiger partial charge < -0.3 is 9.64 Å². The molecular formula is C16H15ClN2O4. The molecule has 1 amide bonds. The first-order valence-corrected chi connectivity index (χ1v) is 7.21. The Bertz CT molecular complexity index is 721. The first-order chi connectivity index (χ1) is 10.9. The number of nitro groups is 1. The Morgan fingerprint density at radius 2 is 1.91 bits per heavy atom. The smallest absolute Gasteiger partial charge is 0.271 e. The average Bonchev–Trinajstić information content (AvgIpc) is 2.55. The van der Waals surface area contributed by atoms with E-state index in [1.807, 2.05) is 30.3 Å². The Morgan fingerprint density at radius 3 is 2.48 bits per heavy atom. The number of para-hydroxylation sites is 1. The Hall–Kier alpha value is -2.60. The molecule has 0 fully saturated rings. The van der Waals surface area contributed by atoms with Crippen molar-refractivity contribution in [2.45, 2.75) is 13.0 Å². The molecule has 0 heterocycles. The van der Waals surface area contributed by atoms with E-state index in [-0.39, 0.29) is 22.4 Å². The maximum atomic E-state index is 12.4. The lowest BCUT2D eigenvalue weighted by Crippen LogP contribution is -2.38. The molecule has 0 spiro atoms. The molecule has 0 aliphatic rings. The second-order valence-corrected chi connectivity index (χ2v) is 5.27. The molecule has 0 saturated heterocycles. The number of nitro benzene ring substituents is 1. The molecule has 0 unspecified atom stereocenters. The van der Waals surface area contributed by atoms with Crippen LogP contribution in [0, 0.1) is 10.1 Å². The quantitative estimate of drug-likeness (QED) is 0.617. The normalized spacial score (nSPS) is 11.6. The standard InChI is InChI=1S/C16H15ClN2O4/c1-11(16(20)18(2)12-6-4-3-5-7-12)23-15-9-8-13(19(21)22)10-14(15)17/h3-11H,1-2H3/t11-/m0/s1. The fourth-order valence-electron chi connectivity index (χ4n) is 1.99. The van der Waals surface area contributed by atoms with Gasteiger partial charge in [-0.05, 0) is 25.1 Å². The second-order valence-electron chi connectivity index (χ2n) is 4.86. The molecule has 7 heteroatoms. The Labute approximate surface area is 138 Å². The van der Waals surface area contributed by atoms with Crippen LogP contribution in [0.4, 0.5) is 11.4 Å². The number of carbonyl (C=O) groups excluding carboxylic acids is 1. The number of likely N-dealkylation sites (N-methyl/N-ethyl adjacent to an activating group) is 1. The third kappa shape index (κ3) is 3.98. The number of non-ortho nitro benzene ring substituents is 1. The van der Waals surface area contributed by atoms with Crippen molar-refractivity contribution in [3.05, 3.63) is 63.7 Å². The van der Waals surface area contributed by atoms with Crippen molar-refractivity contribution >= 4 is 28.9 Å². The number of halogens is 1. The zero-order valence-corrected chi connectivity index (χ0v) is 13.4. The van der Waals surface area contributed by atoms with Gasteiger partial charge in [-0.1, -0.05) is 29.8 Å². The maximum Gasteiger partial charge on any atom is 0.271 e. The summed E-state index contributed by atoms with van der Waals surface area (Å²) in [6.45, 7) is 1.60. The van der Waals surface area contributed by atoms with Gasteiger partial charge in [0.2, 0.25) is 0 Å². The van der Waals surface area contributed by atoms with Gasteiger partial charge in [-0.3, -0.25) is 14.9 Å². The molecule has 0 aromatic heterocycles. The van der Waals surface area contributed by atoms with Crippen molar-refractivity contribution in [1.82, 2.24) is 0 Å². The fourth-order valence-corrected chi connectivity index (χ4v) is 2.21. The monoisotopic (exact) mass is 334 g/mol. The predicted octanol–water partition coefficient (Wildman–Crippen LogP) is 3.68. The molecule has 0 N–H and O–H groups in total. The first kappa shape index (κ1) is 16.8. The third-order valence-corrected chi connectivity index (χ3v) is 3.55. The van der Waals surface area contributed by atoms with E-state index in [0.29, 0.717) is 0 Å². The summed E-state index contributed by atoms with van der Waals surface area (Å²) in [6.07, 6.45) is -0.792. The van der Waals surface area contributed by atoms with E-state index < -0.39 is 11.0 Å². The van der Waals surface area contributed by atoms with Crippen molar-refractivity contribution in [2.24, 2.45) is 0 Å². The largest absolute Gasteiger partial charge is 0.479 e. The van der Waals surface area contributed by atoms with E-state index in [0.717, 1.165) is 5.69 Å². The zero-order chi connectivity index (χ0) is 17.0. The van der Waals surface area contributed by atoms with Crippen LogP contribution in [0.25, 0.3) is 0 Å². The number of nitrogens with zero attached hydrogens (tertiary/aromatic N) is 2. The number of amides is 1. The molecule has 0 aliphatic carbocycles. The van der Waals surface area contributed by atoms with Gasteiger partial charge in [0.1, 0.15) is 5.75 Å². The second kappa shape index (κ2) is 7.11. The van der Waals surface area contributed by atoms with E-state index in [1.54, 1.807) is 14.0 Å². The third-order valence-electron chi connectivity index (χ3n) is 3.25. The molecule has 1 atom stereocenters. The van der Waals surface area contributed by atoms with Crippen LogP contribution < -0.4 is 9.64 Å². The topological polar surface area (TPSA) is 72.7 Å². The fraction of sp³-hybridized carbons (Fsp3) is 0.188. The van der Waals surface area contributed by atoms with Crippen molar-refractivity contribution in [2.75, 3.05) is 11.9 Å². The predicted molar refractivity (Wildman–Crippen MR) is 88.0 cm³/mol. The highest BCUT2D eigenvalue weighted by Crippen LogP contribution is 2.29. The lowest BCUT2D eigenvalue weighted by Gasteiger charge is -2.22. The summed E-state index contributed by atoms with van der Waals surface area (Å²) in [6, 6.07) is 13.0. The summed E-state index contributed by atoms with van der Waals surface area (Å²) in [5.41, 5.74) is 0.602. The van der Waals surface area contributed by atoms with Crippen LogP contribution in [0.3, 0.4) is 0 Å². The number of carbonyl (C=O) groups is 1. The van der Waals surface area contributed by atoms with Gasteiger partial charge in [0.05, 0.1) is 9.95 Å². The van der Waals surface area contributed by atoms with Gasteiger partial charge in [0.25, 0.3) is 11.6 Å². The number of ether oxygens (including phenoxy) is 1. The number of rotatable bonds is 5. The van der Waals surface area contributed by atoms with Gasteiger partial charge in [0.15, 0.2) is 6.10 Å². The molecule has 0 saturated carbocycles. The molecule has 23 heavy (non-hydrogen) atoms. The molecule has 120 valence electrons. The van der Waals surface area contributed by atoms with Gasteiger partial charge in [0, 0.05) is 24.9 Å². The minimum absolute atomic E-state index is 0.0845. The number of anilines is 1. The summed E-state index contributed by atoms with van der Waals surface area (Å²) < 4.78 is 5.54. The molecular weight excluding hydrogens is 320 g/mol. The number of hydrogen-bond donors (Lipinski definition) is 0. The van der Waals surface area contributed by atoms with Crippen molar-refractivity contribution in [3.63, 3.8) is 0 Å². The minimum Gasteiger partial charge on any atom is -0.479 e. The Balaban J connectivity index is 2.11. The summed E-state index contributed by atoms with van der Waals surface area (Å²) in [5, 5.41) is 10.8. The summed E-state index contributed by atoms with van der Waals surface area (Å²) in [4.78, 5) is 24.0. The first-order valence-electron chi connectivity index (χ1n) is 6.83. The van der Waals surface area contributed by atoms with Gasteiger partial charge >= 0.3 is 0 Å². The molecule has 0 radical (unpaired) electrons. The molecule has 0 bridgehead atoms. The summed E-state index contributed by atoms with van der Waals surface area (Å²) >= 11 is 5.96. The highest BCUT2D eigenvalue weighted by atomic mass is 35.5. The van der Waals surface area contributed by atoms with Gasteiger partial charge in [-0.15, -0.1) is 0 Å². The lowest BCUT2D eigenvalue weighted by molar-refractivity contribution is -0.384. The highest BCUT2D eigenvalue weighted by Gasteiger charge is 2.22. The van der Waals surface area contributed by atoms with Crippen LogP contribution in [0.15, 0.2) is 48.5 Å². The Kier molecular flexibility index (Phi) is 5.18. The summed E-state index contributed by atoms with van der Waals surface area (Å²) in [5.74, 6) is -0.0369. The molecule has 0 aliphatic heterocycles. The SMILES string of the molecule is C[C@H](Oc1ccc([N+](=O)[O-])cc1Cl)C(=O)N(C)c1ccccc1. The highest BCUT2D eigenvalue weighted by molar-refractivity contribution is 6.32. The number of hydrogen-bond acceptors (Lipinski definition) is 4. The number of benzene rings is 2. The van der Waals surface area contributed by atoms with E-state index in [9.17, 15) is 14.9 Å². The minimum atomic E-state index is -0.792. The van der Waals surface area contributed by atoms with Crippen molar-refractivity contribution in [1.29, 1.82) is 0 Å². The van der Waals surface area contributed by atoms with Crippen LogP contribution >= 0.6 is 11.6 Å². The van der Waals surface area contributed by atoms with E-state index >= 15 is 0 Å². The van der Waals surface area contributed by atoms with Crippen LogP contribution in [-0.4, -0.2) is 24.0 Å². The molecule has 6 nitrogen and oxygen atoms in total. The lowest BCUT2D eigenvalue weighted by atomic mass is 10.2. The van der Waals surface area contributed by atoms with E-state index in [4.69, 9.17) is 16.3 Å². The maximum absolute atomic E-state index is 12.4. The van der Waals surface area contributed by atoms with Crippen LogP contribution in [0.2, 0.25) is 5.02 Å². The van der Waals surface area contributed by atoms with Crippen LogP contribution in [0.1, 0.15) is 6.92 Å². The van der Waals surface area contributed by atoms with Crippen molar-refractivity contribution < 1.29 is 14.5 Å². The summed E-state index contributed by atoms with van der Waals surface area (Å²) in [7, 11) is 1.65. The van der Waals surface area contributed by atoms with E-state index in [1.165, 1.54) is 23.1 Å². The van der Waals surface area contributed by atoms with Gasteiger partial charge in [-0.25, -0.2) is 0 Å². The average molecular weight is 335 g/mol. The van der Waals surface area contributed by atoms with E-state index in [2.05, 4.69) is 0 Å².